The fourth-order valence-electron chi connectivity index (χ4n) is 12.6. The van der Waals surface area contributed by atoms with Gasteiger partial charge in [-0.05, 0) is 100 Å². The van der Waals surface area contributed by atoms with E-state index in [1.165, 1.54) is 31.7 Å². The number of carbonyl (C=O) groups excluding carboxylic acids is 11. The molecule has 4 fully saturated rings. The number of carbonyl (C=O) groups is 11. The molecule has 26 nitrogen and oxygen atoms in total. The summed E-state index contributed by atoms with van der Waals surface area (Å²) in [4.78, 5) is 151. The third kappa shape index (κ3) is 19.0. The van der Waals surface area contributed by atoms with Crippen LogP contribution in [0, 0.1) is 46.1 Å². The van der Waals surface area contributed by atoms with E-state index < -0.39 is 153 Å². The lowest BCUT2D eigenvalue weighted by atomic mass is 9.79. The number of amides is 14. The van der Waals surface area contributed by atoms with Crippen molar-refractivity contribution in [1.29, 1.82) is 0 Å². The van der Waals surface area contributed by atoms with Crippen LogP contribution in [0.25, 0.3) is 0 Å². The van der Waals surface area contributed by atoms with Crippen LogP contribution in [0.4, 0.5) is 28.0 Å². The zero-order valence-corrected chi connectivity index (χ0v) is 56.3. The number of primary amides is 2. The minimum absolute atomic E-state index is 0.0373. The van der Waals surface area contributed by atoms with Gasteiger partial charge in [0.2, 0.25) is 35.3 Å². The van der Waals surface area contributed by atoms with E-state index in [9.17, 15) is 66.6 Å². The van der Waals surface area contributed by atoms with Crippen molar-refractivity contribution >= 4 is 65.4 Å². The second kappa shape index (κ2) is 29.6. The Kier molecular flexibility index (Phi) is 23.1. The summed E-state index contributed by atoms with van der Waals surface area (Å²) in [6.07, 6.45) is 4.57. The van der Waals surface area contributed by atoms with Gasteiger partial charge in [0.25, 0.3) is 5.91 Å². The Morgan fingerprint density at radius 2 is 0.926 bits per heavy atom. The Hall–Kier alpha value is -8.17. The summed E-state index contributed by atoms with van der Waals surface area (Å²) in [7, 11) is 0. The van der Waals surface area contributed by atoms with Crippen molar-refractivity contribution in [3.8, 4) is 0 Å². The maximum Gasteiger partial charge on any atom is 0.318 e. The molecular weight excluding hydrogens is 1220 g/mol. The van der Waals surface area contributed by atoms with Crippen LogP contribution in [0.3, 0.4) is 0 Å². The predicted octanol–water partition coefficient (Wildman–Crippen LogP) is 3.63. The van der Waals surface area contributed by atoms with E-state index >= 15 is 0 Å². The van der Waals surface area contributed by atoms with Crippen molar-refractivity contribution in [2.75, 3.05) is 26.2 Å². The summed E-state index contributed by atoms with van der Waals surface area (Å²) < 4.78 is 28.8. The van der Waals surface area contributed by atoms with Gasteiger partial charge in [0.05, 0.1) is 49.1 Å². The fourth-order valence-corrected chi connectivity index (χ4v) is 12.6. The number of nitrogens with two attached hydrogens (primary N) is 2. The largest absolute Gasteiger partial charge is 0.381 e. The van der Waals surface area contributed by atoms with Gasteiger partial charge in [-0.1, -0.05) is 104 Å². The molecule has 28 heteroatoms. The highest BCUT2D eigenvalue weighted by Gasteiger charge is 2.49. The van der Waals surface area contributed by atoms with Crippen LogP contribution >= 0.6 is 0 Å². The molecule has 2 saturated carbocycles. The zero-order chi connectivity index (χ0) is 69.7. The van der Waals surface area contributed by atoms with Crippen molar-refractivity contribution in [2.45, 2.75) is 214 Å². The quantitative estimate of drug-likeness (QED) is 0.0954. The molecule has 14 amide bonds. The van der Waals surface area contributed by atoms with Gasteiger partial charge in [-0.3, -0.25) is 33.6 Å². The molecule has 4 aliphatic heterocycles. The Morgan fingerprint density at radius 1 is 0.532 bits per heavy atom. The van der Waals surface area contributed by atoms with Crippen LogP contribution in [0.15, 0.2) is 36.4 Å². The van der Waals surface area contributed by atoms with Gasteiger partial charge in [0.1, 0.15) is 23.7 Å². The number of benzene rings is 2. The smallest absolute Gasteiger partial charge is 0.318 e. The summed E-state index contributed by atoms with van der Waals surface area (Å²) in [5.74, 6) is -7.49. The number of likely N-dealkylation sites (tertiary alicyclic amines) is 2. The van der Waals surface area contributed by atoms with Crippen LogP contribution in [-0.4, -0.2) is 170 Å². The van der Waals surface area contributed by atoms with E-state index in [1.807, 2.05) is 62.3 Å². The van der Waals surface area contributed by atoms with E-state index in [1.54, 1.807) is 45.0 Å². The molecule has 2 aromatic carbocycles. The van der Waals surface area contributed by atoms with Gasteiger partial charge in [-0.25, -0.2) is 28.0 Å². The predicted molar refractivity (Wildman–Crippen MR) is 343 cm³/mol. The molecule has 13 N–H and O–H groups in total. The first-order chi connectivity index (χ1) is 43.7. The first-order valence-electron chi connectivity index (χ1n) is 32.5. The van der Waals surface area contributed by atoms with Gasteiger partial charge in [0.15, 0.2) is 6.10 Å². The third-order valence-corrected chi connectivity index (χ3v) is 18.2. The standard InChI is InChI=1S/C33H50FN7O6.C33H48FN7O6/c2*1-32(2,3)26(38-30(46)39-33(4,5)6)29(45)40-16-21(28(44)36-23(25(42)27(35)43)13-18-9-7-10-18)24(17-40)37-31(47)41-14-19-11-8-12-22(34)20(19)15-41/h8,11-12,18,21,23-26,42H,7,9-10,13-17H2,1-6H3,(H2,35,43)(H,36,44)(H,37,47)(H2,38,39,46);8,11-12,18,21,23-24,26H,7,9-10,13-17H2,1-6H3,(H2,35,43)(H,36,44)(H,37,47)(H2,38,39,46)/t21-,23?,24-,25?,26+;21-,23?,24-,26+/m00/s1. The fraction of sp³-hybridized carbons (Fsp3) is 0.652. The van der Waals surface area contributed by atoms with E-state index in [0.717, 1.165) is 38.5 Å². The SMILES string of the molecule is CC(C)(C)NC(=O)N[C@H](C(=O)N1C[C@H](NC(=O)N2Cc3cccc(F)c3C2)[C@@H](C(=O)NC(CC2CCC2)C(=O)C(N)=O)C1)C(C)(C)C.CC(C)(C)NC(=O)N[C@H](C(=O)N1C[C@H](NC(=O)N2Cc3cccc(F)c3C2)[C@@H](C(=O)NC(CC2CCC2)C(O)C(N)=O)C1)C(C)(C)C. The maximum atomic E-state index is 14.4. The number of hydrogen-bond acceptors (Lipinski definition) is 12. The van der Waals surface area contributed by atoms with Gasteiger partial charge in [-0.2, -0.15) is 0 Å². The summed E-state index contributed by atoms with van der Waals surface area (Å²) in [5, 5.41) is 33.0. The molecule has 0 radical (unpaired) electrons. The number of fused-ring (bicyclic) bond motifs is 2. The molecule has 518 valence electrons. The van der Waals surface area contributed by atoms with Gasteiger partial charge < -0.3 is 78.7 Å². The van der Waals surface area contributed by atoms with Gasteiger partial charge in [-0.15, -0.1) is 0 Å². The molecule has 2 aliphatic carbocycles. The van der Waals surface area contributed by atoms with Gasteiger partial charge >= 0.3 is 24.1 Å². The molecule has 8 rings (SSSR count). The third-order valence-electron chi connectivity index (χ3n) is 18.2. The number of aliphatic hydroxyl groups excluding tert-OH is 1. The van der Waals surface area contributed by atoms with Crippen LogP contribution in [0.2, 0.25) is 0 Å². The molecule has 6 aliphatic rings. The van der Waals surface area contributed by atoms with E-state index in [4.69, 9.17) is 11.5 Å². The molecule has 4 heterocycles. The Balaban J connectivity index is 0.000000266. The van der Waals surface area contributed by atoms with E-state index in [-0.39, 0.29) is 70.6 Å². The number of nitrogens with one attached hydrogen (secondary N) is 8. The molecule has 2 saturated heterocycles. The minimum Gasteiger partial charge on any atom is -0.381 e. The number of nitrogens with zero attached hydrogens (tertiary/aromatic N) is 4. The number of hydrogen-bond donors (Lipinski definition) is 11. The highest BCUT2D eigenvalue weighted by molar-refractivity contribution is 6.37. The molecule has 94 heavy (non-hydrogen) atoms. The molecule has 9 atom stereocenters. The van der Waals surface area contributed by atoms with Crippen LogP contribution < -0.4 is 54.0 Å². The number of urea groups is 4. The first-order valence-corrected chi connectivity index (χ1v) is 32.5. The van der Waals surface area contributed by atoms with Crippen LogP contribution in [0.5, 0.6) is 0 Å². The van der Waals surface area contributed by atoms with E-state index in [2.05, 4.69) is 42.5 Å². The highest BCUT2D eigenvalue weighted by atomic mass is 19.1. The first kappa shape index (κ1) is 73.2. The van der Waals surface area contributed by atoms with Crippen LogP contribution in [0.1, 0.15) is 157 Å². The summed E-state index contributed by atoms with van der Waals surface area (Å²) in [6, 6.07) is 1.40. The number of ketones is 1. The summed E-state index contributed by atoms with van der Waals surface area (Å²) in [5.41, 5.74) is 10.4. The van der Waals surface area contributed by atoms with Crippen molar-refractivity contribution in [3.63, 3.8) is 0 Å². The van der Waals surface area contributed by atoms with Crippen LogP contribution in [-0.2, 0) is 59.7 Å². The lowest BCUT2D eigenvalue weighted by Gasteiger charge is -2.34. The van der Waals surface area contributed by atoms with Crippen molar-refractivity contribution < 1.29 is 66.6 Å². The van der Waals surface area contributed by atoms with Gasteiger partial charge in [0, 0.05) is 61.5 Å². The number of halogens is 2. The molecule has 0 aromatic heterocycles. The molecule has 2 aromatic rings. The minimum atomic E-state index is -1.61. The average molecular weight is 1320 g/mol. The lowest BCUT2D eigenvalue weighted by Crippen LogP contribution is -2.58. The topological polar surface area (TPSA) is 369 Å². The maximum absolute atomic E-state index is 14.4. The average Bonchev–Trinajstić information content (AvgIpc) is 1.68. The second-order valence-corrected chi connectivity index (χ2v) is 30.4. The monoisotopic (exact) mass is 1320 g/mol. The Morgan fingerprint density at radius 3 is 1.27 bits per heavy atom. The van der Waals surface area contributed by atoms with Crippen molar-refractivity contribution in [1.82, 2.24) is 62.1 Å². The zero-order valence-electron chi connectivity index (χ0n) is 56.3. The summed E-state index contributed by atoms with van der Waals surface area (Å²) in [6.45, 7) is 21.8. The number of aliphatic hydroxyl groups is 1. The number of Topliss-reactive ketones (excluding diaryl/α,β-unsaturated/α-hetero) is 1. The Bertz CT molecular complexity index is 3210. The molecule has 3 unspecified atom stereocenters. The van der Waals surface area contributed by atoms with E-state index in [0.29, 0.717) is 28.7 Å². The molecule has 0 spiro atoms. The summed E-state index contributed by atoms with van der Waals surface area (Å²) >= 11 is 0. The molecular formula is C66H98F2N14O12. The highest BCUT2D eigenvalue weighted by Crippen LogP contribution is 2.35. The number of rotatable bonds is 18. The normalized spacial score (nSPS) is 21.2. The Labute approximate surface area is 548 Å². The lowest BCUT2D eigenvalue weighted by molar-refractivity contribution is -0.139. The molecule has 0 bridgehead atoms. The second-order valence-electron chi connectivity index (χ2n) is 30.4. The van der Waals surface area contributed by atoms with Crippen molar-refractivity contribution in [2.24, 2.45) is 46.0 Å². The van der Waals surface area contributed by atoms with Crippen molar-refractivity contribution in [3.05, 3.63) is 70.3 Å².